The highest BCUT2D eigenvalue weighted by atomic mass is 32.2. The Hall–Kier alpha value is 0.270. The van der Waals surface area contributed by atoms with Gasteiger partial charge in [0.2, 0.25) is 0 Å². The molecule has 1 aliphatic carbocycles. The summed E-state index contributed by atoms with van der Waals surface area (Å²) >= 11 is 2.07. The van der Waals surface area contributed by atoms with Crippen molar-refractivity contribution in [1.82, 2.24) is 5.32 Å². The Morgan fingerprint density at radius 3 is 2.50 bits per heavy atom. The number of thioether (sulfide) groups is 1. The number of aliphatic hydroxyl groups excluding tert-OH is 1. The Kier molecular flexibility index (Phi) is 4.14. The second-order valence-electron chi connectivity index (χ2n) is 4.57. The third-order valence-corrected chi connectivity index (χ3v) is 4.39. The first kappa shape index (κ1) is 10.8. The summed E-state index contributed by atoms with van der Waals surface area (Å²) in [5.41, 5.74) is 0. The maximum Gasteiger partial charge on any atom is 0.0555 e. The maximum absolute atomic E-state index is 9.56. The normalized spacial score (nSPS) is 35.8. The standard InChI is InChI=1S/C11H21NOS/c13-11-3-1-2-10(8-11)12-9-4-6-14-7-5-9/h9-13H,1-8H2/t10-,11+/m0/s1. The van der Waals surface area contributed by atoms with Crippen molar-refractivity contribution in [3.8, 4) is 0 Å². The van der Waals surface area contributed by atoms with Crippen LogP contribution in [0.2, 0.25) is 0 Å². The summed E-state index contributed by atoms with van der Waals surface area (Å²) in [4.78, 5) is 0. The molecule has 0 spiro atoms. The van der Waals surface area contributed by atoms with Crippen LogP contribution in [0, 0.1) is 0 Å². The van der Waals surface area contributed by atoms with E-state index in [9.17, 15) is 5.11 Å². The van der Waals surface area contributed by atoms with Crippen LogP contribution in [-0.2, 0) is 0 Å². The summed E-state index contributed by atoms with van der Waals surface area (Å²) in [6.45, 7) is 0. The number of hydrogen-bond donors (Lipinski definition) is 2. The third-order valence-electron chi connectivity index (χ3n) is 3.34. The fourth-order valence-electron chi connectivity index (χ4n) is 2.51. The van der Waals surface area contributed by atoms with Gasteiger partial charge >= 0.3 is 0 Å². The van der Waals surface area contributed by atoms with Gasteiger partial charge in [0.05, 0.1) is 6.10 Å². The Labute approximate surface area is 90.8 Å². The smallest absolute Gasteiger partial charge is 0.0555 e. The summed E-state index contributed by atoms with van der Waals surface area (Å²) in [5.74, 6) is 2.62. The molecule has 2 aliphatic rings. The van der Waals surface area contributed by atoms with Crippen LogP contribution in [0.3, 0.4) is 0 Å². The molecule has 0 aromatic rings. The molecule has 1 heterocycles. The minimum atomic E-state index is -0.0424. The van der Waals surface area contributed by atoms with Crippen LogP contribution in [0.15, 0.2) is 0 Å². The topological polar surface area (TPSA) is 32.3 Å². The lowest BCUT2D eigenvalue weighted by atomic mass is 9.92. The van der Waals surface area contributed by atoms with E-state index in [-0.39, 0.29) is 6.10 Å². The summed E-state index contributed by atoms with van der Waals surface area (Å²) in [5, 5.41) is 13.3. The van der Waals surface area contributed by atoms with Gasteiger partial charge in [-0.2, -0.15) is 11.8 Å². The van der Waals surface area contributed by atoms with E-state index in [0.717, 1.165) is 18.9 Å². The van der Waals surface area contributed by atoms with Crippen LogP contribution in [0.5, 0.6) is 0 Å². The predicted octanol–water partition coefficient (Wildman–Crippen LogP) is 1.78. The minimum Gasteiger partial charge on any atom is -0.393 e. The zero-order valence-electron chi connectivity index (χ0n) is 8.74. The van der Waals surface area contributed by atoms with Crippen molar-refractivity contribution >= 4 is 11.8 Å². The van der Waals surface area contributed by atoms with Gasteiger partial charge in [-0.15, -0.1) is 0 Å². The quantitative estimate of drug-likeness (QED) is 0.736. The van der Waals surface area contributed by atoms with Gasteiger partial charge in [0.15, 0.2) is 0 Å². The molecule has 2 rings (SSSR count). The summed E-state index contributed by atoms with van der Waals surface area (Å²) in [6.07, 6.45) is 7.04. The molecule has 0 radical (unpaired) electrons. The van der Waals surface area contributed by atoms with E-state index in [1.165, 1.54) is 37.2 Å². The first-order valence-electron chi connectivity index (χ1n) is 5.86. The van der Waals surface area contributed by atoms with Crippen LogP contribution in [0.4, 0.5) is 0 Å². The second-order valence-corrected chi connectivity index (χ2v) is 5.80. The van der Waals surface area contributed by atoms with Crippen molar-refractivity contribution < 1.29 is 5.11 Å². The molecule has 1 aliphatic heterocycles. The summed E-state index contributed by atoms with van der Waals surface area (Å²) in [6, 6.07) is 1.32. The molecular weight excluding hydrogens is 194 g/mol. The van der Waals surface area contributed by atoms with Crippen molar-refractivity contribution in [1.29, 1.82) is 0 Å². The second kappa shape index (κ2) is 5.38. The van der Waals surface area contributed by atoms with E-state index < -0.39 is 0 Å². The average molecular weight is 215 g/mol. The van der Waals surface area contributed by atoms with Crippen LogP contribution in [0.25, 0.3) is 0 Å². The highest BCUT2D eigenvalue weighted by molar-refractivity contribution is 7.99. The lowest BCUT2D eigenvalue weighted by Gasteiger charge is -2.32. The van der Waals surface area contributed by atoms with Gasteiger partial charge in [-0.3, -0.25) is 0 Å². The zero-order chi connectivity index (χ0) is 9.80. The SMILES string of the molecule is O[C@@H]1CCC[C@H](NC2CCSCC2)C1. The van der Waals surface area contributed by atoms with Crippen LogP contribution < -0.4 is 5.32 Å². The zero-order valence-corrected chi connectivity index (χ0v) is 9.56. The van der Waals surface area contributed by atoms with E-state index in [2.05, 4.69) is 17.1 Å². The first-order chi connectivity index (χ1) is 6.84. The van der Waals surface area contributed by atoms with E-state index in [1.807, 2.05) is 0 Å². The highest BCUT2D eigenvalue weighted by Gasteiger charge is 2.23. The lowest BCUT2D eigenvalue weighted by Crippen LogP contribution is -2.43. The van der Waals surface area contributed by atoms with Crippen LogP contribution >= 0.6 is 11.8 Å². The Bertz CT molecular complexity index is 171. The minimum absolute atomic E-state index is 0.0424. The van der Waals surface area contributed by atoms with Crippen LogP contribution in [0.1, 0.15) is 38.5 Å². The van der Waals surface area contributed by atoms with Gasteiger partial charge in [-0.25, -0.2) is 0 Å². The van der Waals surface area contributed by atoms with Crippen molar-refractivity contribution in [3.05, 3.63) is 0 Å². The molecule has 1 saturated carbocycles. The number of rotatable bonds is 2. The number of hydrogen-bond acceptors (Lipinski definition) is 3. The molecule has 82 valence electrons. The molecule has 0 aromatic carbocycles. The molecule has 2 N–H and O–H groups in total. The Morgan fingerprint density at radius 2 is 1.79 bits per heavy atom. The van der Waals surface area contributed by atoms with Crippen LogP contribution in [-0.4, -0.2) is 34.8 Å². The molecule has 14 heavy (non-hydrogen) atoms. The largest absolute Gasteiger partial charge is 0.393 e. The van der Waals surface area contributed by atoms with Crippen molar-refractivity contribution in [2.24, 2.45) is 0 Å². The summed E-state index contributed by atoms with van der Waals surface area (Å²) in [7, 11) is 0. The van der Waals surface area contributed by atoms with Gasteiger partial charge in [-0.05, 0) is 50.0 Å². The van der Waals surface area contributed by atoms with E-state index in [4.69, 9.17) is 0 Å². The fourth-order valence-corrected chi connectivity index (χ4v) is 3.62. The van der Waals surface area contributed by atoms with Crippen molar-refractivity contribution in [2.45, 2.75) is 56.7 Å². The molecule has 0 bridgehead atoms. The molecule has 1 saturated heterocycles. The van der Waals surface area contributed by atoms with Gasteiger partial charge < -0.3 is 10.4 Å². The highest BCUT2D eigenvalue weighted by Crippen LogP contribution is 2.22. The molecule has 2 nitrogen and oxygen atoms in total. The Balaban J connectivity index is 1.72. The molecule has 0 aromatic heterocycles. The maximum atomic E-state index is 9.56. The third kappa shape index (κ3) is 3.14. The van der Waals surface area contributed by atoms with E-state index in [1.54, 1.807) is 0 Å². The molecule has 2 atom stereocenters. The van der Waals surface area contributed by atoms with Crippen molar-refractivity contribution in [3.63, 3.8) is 0 Å². The molecule has 2 fully saturated rings. The van der Waals surface area contributed by atoms with Gasteiger partial charge in [0.25, 0.3) is 0 Å². The molecular formula is C11H21NOS. The van der Waals surface area contributed by atoms with Gasteiger partial charge in [-0.1, -0.05) is 0 Å². The van der Waals surface area contributed by atoms with E-state index in [0.29, 0.717) is 6.04 Å². The molecule has 0 amide bonds. The lowest BCUT2D eigenvalue weighted by molar-refractivity contribution is 0.108. The van der Waals surface area contributed by atoms with E-state index >= 15 is 0 Å². The predicted molar refractivity (Wildman–Crippen MR) is 61.7 cm³/mol. The van der Waals surface area contributed by atoms with Gasteiger partial charge in [0, 0.05) is 12.1 Å². The first-order valence-corrected chi connectivity index (χ1v) is 7.02. The fraction of sp³-hybridized carbons (Fsp3) is 1.00. The molecule has 0 unspecified atom stereocenters. The average Bonchev–Trinajstić information content (AvgIpc) is 2.19. The summed E-state index contributed by atoms with van der Waals surface area (Å²) < 4.78 is 0. The molecule has 3 heteroatoms. The van der Waals surface area contributed by atoms with Gasteiger partial charge in [0.1, 0.15) is 0 Å². The monoisotopic (exact) mass is 215 g/mol. The number of aliphatic hydroxyl groups is 1. The number of nitrogens with one attached hydrogen (secondary N) is 1. The Morgan fingerprint density at radius 1 is 1.00 bits per heavy atom. The van der Waals surface area contributed by atoms with Crippen molar-refractivity contribution in [2.75, 3.05) is 11.5 Å².